The monoisotopic (exact) mass is 466 g/mol. The van der Waals surface area contributed by atoms with Gasteiger partial charge in [0.25, 0.3) is 0 Å². The molecule has 3 heterocycles. The second-order valence-corrected chi connectivity index (χ2v) is 9.54. The number of carboxylic acids is 2. The van der Waals surface area contributed by atoms with Gasteiger partial charge in [0, 0.05) is 23.6 Å². The van der Waals surface area contributed by atoms with Gasteiger partial charge >= 0.3 is 11.9 Å². The molecule has 1 fully saturated rings. The van der Waals surface area contributed by atoms with Gasteiger partial charge in [0.15, 0.2) is 0 Å². The number of para-hydroxylation sites is 1. The Labute approximate surface area is 200 Å². The summed E-state index contributed by atoms with van der Waals surface area (Å²) in [5.41, 5.74) is 6.12. The third-order valence-corrected chi connectivity index (χ3v) is 7.44. The molecule has 182 valence electrons. The van der Waals surface area contributed by atoms with E-state index in [0.29, 0.717) is 5.92 Å². The molecule has 3 aliphatic heterocycles. The molecule has 7 nitrogen and oxygen atoms in total. The fraction of sp³-hybridized carbons (Fsp3) is 0.481. The summed E-state index contributed by atoms with van der Waals surface area (Å²) in [7, 11) is 0. The zero-order chi connectivity index (χ0) is 24.0. The Kier molecular flexibility index (Phi) is 7.85. The van der Waals surface area contributed by atoms with Gasteiger partial charge in [-0.2, -0.15) is 0 Å². The van der Waals surface area contributed by atoms with E-state index in [9.17, 15) is 0 Å². The number of hydrogen-bond acceptors (Lipinski definition) is 5. The number of fused-ring (bicyclic) bond motifs is 3. The van der Waals surface area contributed by atoms with Gasteiger partial charge < -0.3 is 25.2 Å². The van der Waals surface area contributed by atoms with Crippen LogP contribution >= 0.6 is 0 Å². The standard InChI is InChI=1S/C25H32N2O.C2H2O4/c1-3-10-23-21(8-1)18-28-19-25(23)12-15-27(16-13-25)14-6-5-7-20-17-26-24-11-4-2-9-22(20)24;3-1(4)2(5)6/h1-4,8-11,20,26H,5-7,12-19H2;(H,3,4)(H,5,6). The highest BCUT2D eigenvalue weighted by Crippen LogP contribution is 2.41. The fourth-order valence-corrected chi connectivity index (χ4v) is 5.56. The lowest BCUT2D eigenvalue weighted by atomic mass is 9.70. The maximum absolute atomic E-state index is 9.10. The van der Waals surface area contributed by atoms with Gasteiger partial charge in [-0.1, -0.05) is 48.9 Å². The van der Waals surface area contributed by atoms with E-state index in [1.807, 2.05) is 0 Å². The average Bonchev–Trinajstić information content (AvgIpc) is 3.27. The van der Waals surface area contributed by atoms with Crippen molar-refractivity contribution in [1.82, 2.24) is 4.90 Å². The average molecular weight is 467 g/mol. The van der Waals surface area contributed by atoms with Gasteiger partial charge in [-0.15, -0.1) is 0 Å². The SMILES string of the molecule is O=C(O)C(=O)O.c1ccc2c(c1)COCC21CCN(CCCCC2CNc3ccccc32)CC1. The van der Waals surface area contributed by atoms with E-state index in [0.717, 1.165) is 19.8 Å². The van der Waals surface area contributed by atoms with Gasteiger partial charge in [-0.05, 0) is 68.1 Å². The molecule has 1 atom stereocenters. The van der Waals surface area contributed by atoms with Crippen LogP contribution in [0.4, 0.5) is 5.69 Å². The van der Waals surface area contributed by atoms with E-state index < -0.39 is 11.9 Å². The number of ether oxygens (including phenoxy) is 1. The summed E-state index contributed by atoms with van der Waals surface area (Å²) in [5, 5.41) is 18.3. The highest BCUT2D eigenvalue weighted by Gasteiger charge is 2.39. The predicted molar refractivity (Wildman–Crippen MR) is 130 cm³/mol. The van der Waals surface area contributed by atoms with Crippen molar-refractivity contribution in [3.8, 4) is 0 Å². The van der Waals surface area contributed by atoms with Crippen molar-refractivity contribution in [3.05, 3.63) is 65.2 Å². The lowest BCUT2D eigenvalue weighted by Crippen LogP contribution is -2.47. The smallest absolute Gasteiger partial charge is 0.414 e. The Balaban J connectivity index is 0.000000408. The molecule has 0 bridgehead atoms. The number of likely N-dealkylation sites (tertiary alicyclic amines) is 1. The maximum atomic E-state index is 9.10. The topological polar surface area (TPSA) is 99.1 Å². The van der Waals surface area contributed by atoms with Gasteiger partial charge in [0.05, 0.1) is 13.2 Å². The molecular weight excluding hydrogens is 432 g/mol. The van der Waals surface area contributed by atoms with Gasteiger partial charge in [0.2, 0.25) is 0 Å². The molecule has 0 aliphatic carbocycles. The second kappa shape index (κ2) is 11.0. The molecule has 0 radical (unpaired) electrons. The van der Waals surface area contributed by atoms with E-state index in [4.69, 9.17) is 24.5 Å². The number of aliphatic carboxylic acids is 2. The summed E-state index contributed by atoms with van der Waals surface area (Å²) in [6, 6.07) is 17.8. The van der Waals surface area contributed by atoms with Crippen molar-refractivity contribution in [3.63, 3.8) is 0 Å². The van der Waals surface area contributed by atoms with Crippen LogP contribution in [0.3, 0.4) is 0 Å². The van der Waals surface area contributed by atoms with Gasteiger partial charge in [0.1, 0.15) is 0 Å². The molecule has 0 amide bonds. The van der Waals surface area contributed by atoms with Gasteiger partial charge in [-0.25, -0.2) is 9.59 Å². The molecular formula is C27H34N2O5. The first kappa shape index (κ1) is 24.2. The summed E-state index contributed by atoms with van der Waals surface area (Å²) in [4.78, 5) is 20.9. The lowest BCUT2D eigenvalue weighted by molar-refractivity contribution is -0.159. The summed E-state index contributed by atoms with van der Waals surface area (Å²) in [5.74, 6) is -2.94. The fourth-order valence-electron chi connectivity index (χ4n) is 5.56. The van der Waals surface area contributed by atoms with Crippen LogP contribution in [0.15, 0.2) is 48.5 Å². The second-order valence-electron chi connectivity index (χ2n) is 9.54. The highest BCUT2D eigenvalue weighted by atomic mass is 16.5. The van der Waals surface area contributed by atoms with E-state index in [2.05, 4.69) is 58.7 Å². The Morgan fingerprint density at radius 2 is 1.71 bits per heavy atom. The van der Waals surface area contributed by atoms with Crippen LogP contribution in [-0.4, -0.2) is 59.8 Å². The van der Waals surface area contributed by atoms with Crippen LogP contribution < -0.4 is 5.32 Å². The molecule has 34 heavy (non-hydrogen) atoms. The molecule has 0 saturated carbocycles. The van der Waals surface area contributed by atoms with Crippen molar-refractivity contribution >= 4 is 17.6 Å². The number of anilines is 1. The third-order valence-electron chi connectivity index (χ3n) is 7.44. The van der Waals surface area contributed by atoms with Crippen molar-refractivity contribution in [2.75, 3.05) is 38.1 Å². The van der Waals surface area contributed by atoms with Crippen LogP contribution in [0.25, 0.3) is 0 Å². The van der Waals surface area contributed by atoms with Crippen molar-refractivity contribution < 1.29 is 24.5 Å². The number of hydrogen-bond donors (Lipinski definition) is 3. The van der Waals surface area contributed by atoms with E-state index in [1.54, 1.807) is 5.56 Å². The summed E-state index contributed by atoms with van der Waals surface area (Å²) in [6.45, 7) is 6.50. The third kappa shape index (κ3) is 5.59. The maximum Gasteiger partial charge on any atom is 0.414 e. The zero-order valence-corrected chi connectivity index (χ0v) is 19.5. The molecule has 5 rings (SSSR count). The molecule has 3 aliphatic rings. The number of benzene rings is 2. The molecule has 1 unspecified atom stereocenters. The zero-order valence-electron chi connectivity index (χ0n) is 19.5. The summed E-state index contributed by atoms with van der Waals surface area (Å²) < 4.78 is 5.98. The summed E-state index contributed by atoms with van der Waals surface area (Å²) >= 11 is 0. The summed E-state index contributed by atoms with van der Waals surface area (Å²) in [6.07, 6.45) is 6.43. The minimum absolute atomic E-state index is 0.268. The number of rotatable bonds is 5. The Morgan fingerprint density at radius 1 is 1.00 bits per heavy atom. The van der Waals surface area contributed by atoms with E-state index >= 15 is 0 Å². The Hall–Kier alpha value is -2.90. The minimum Gasteiger partial charge on any atom is -0.473 e. The van der Waals surface area contributed by atoms with Crippen LogP contribution in [0.1, 0.15) is 54.7 Å². The van der Waals surface area contributed by atoms with Crippen molar-refractivity contribution in [1.29, 1.82) is 0 Å². The number of carbonyl (C=O) groups is 2. The minimum atomic E-state index is -1.82. The molecule has 1 spiro atoms. The van der Waals surface area contributed by atoms with E-state index in [-0.39, 0.29) is 5.41 Å². The molecule has 0 aromatic heterocycles. The molecule has 1 saturated heterocycles. The first-order valence-corrected chi connectivity index (χ1v) is 12.2. The van der Waals surface area contributed by atoms with Crippen molar-refractivity contribution in [2.45, 2.75) is 50.0 Å². The Morgan fingerprint density at radius 3 is 2.47 bits per heavy atom. The highest BCUT2D eigenvalue weighted by molar-refractivity contribution is 6.27. The number of piperidine rings is 1. The molecule has 2 aromatic rings. The van der Waals surface area contributed by atoms with Crippen LogP contribution in [0.2, 0.25) is 0 Å². The lowest BCUT2D eigenvalue weighted by Gasteiger charge is -2.45. The van der Waals surface area contributed by atoms with Crippen LogP contribution in [0.5, 0.6) is 0 Å². The normalized spacial score (nSPS) is 20.4. The molecule has 3 N–H and O–H groups in total. The Bertz CT molecular complexity index is 988. The molecule has 7 heteroatoms. The van der Waals surface area contributed by atoms with Crippen molar-refractivity contribution in [2.24, 2.45) is 0 Å². The number of nitrogens with one attached hydrogen (secondary N) is 1. The van der Waals surface area contributed by atoms with Gasteiger partial charge in [-0.3, -0.25) is 0 Å². The van der Waals surface area contributed by atoms with E-state index in [1.165, 1.54) is 68.6 Å². The first-order valence-electron chi connectivity index (χ1n) is 12.2. The quantitative estimate of drug-likeness (QED) is 0.451. The largest absolute Gasteiger partial charge is 0.473 e. The molecule has 2 aromatic carbocycles. The number of carboxylic acid groups (broad SMARTS) is 2. The number of nitrogens with zero attached hydrogens (tertiary/aromatic N) is 1. The predicted octanol–water partition coefficient (Wildman–Crippen LogP) is 4.09. The first-order chi connectivity index (χ1) is 16.5. The number of unbranched alkanes of at least 4 members (excludes halogenated alkanes) is 1. The van der Waals surface area contributed by atoms with Crippen LogP contribution in [0, 0.1) is 0 Å². The van der Waals surface area contributed by atoms with Crippen LogP contribution in [-0.2, 0) is 26.3 Å².